The summed E-state index contributed by atoms with van der Waals surface area (Å²) < 4.78 is 5.55. The number of allylic oxidation sites excluding steroid dienone is 1. The molecule has 7 heteroatoms. The van der Waals surface area contributed by atoms with E-state index in [0.717, 1.165) is 5.56 Å². The predicted octanol–water partition coefficient (Wildman–Crippen LogP) is 2.37. The van der Waals surface area contributed by atoms with Gasteiger partial charge in [-0.2, -0.15) is 4.80 Å². The van der Waals surface area contributed by atoms with Crippen LogP contribution in [-0.4, -0.2) is 26.1 Å². The number of carbonyl (C=O) groups is 1. The molecule has 2 aromatic heterocycles. The number of hydrogen-bond donors (Lipinski definition) is 1. The van der Waals surface area contributed by atoms with Crippen molar-refractivity contribution < 1.29 is 9.21 Å². The normalized spacial score (nSPS) is 10.4. The van der Waals surface area contributed by atoms with Crippen molar-refractivity contribution in [2.75, 3.05) is 5.32 Å². The van der Waals surface area contributed by atoms with Crippen LogP contribution >= 0.6 is 0 Å². The second-order valence-electron chi connectivity index (χ2n) is 4.44. The summed E-state index contributed by atoms with van der Waals surface area (Å²) in [7, 11) is 0. The third-order valence-corrected chi connectivity index (χ3v) is 2.86. The Bertz CT molecular complexity index is 791. The maximum atomic E-state index is 12.1. The lowest BCUT2D eigenvalue weighted by atomic mass is 10.2. The van der Waals surface area contributed by atoms with Crippen LogP contribution in [0.4, 0.5) is 5.95 Å². The Hall–Kier alpha value is -3.22. The Labute approximate surface area is 126 Å². The van der Waals surface area contributed by atoms with Gasteiger partial charge in [-0.3, -0.25) is 10.1 Å². The monoisotopic (exact) mass is 295 g/mol. The first kappa shape index (κ1) is 13.7. The molecule has 0 saturated carbocycles. The largest absolute Gasteiger partial charge is 0.451 e. The third kappa shape index (κ3) is 2.93. The molecule has 0 unspecified atom stereocenters. The van der Waals surface area contributed by atoms with E-state index in [4.69, 9.17) is 4.42 Å². The van der Waals surface area contributed by atoms with E-state index in [1.54, 1.807) is 18.2 Å². The van der Waals surface area contributed by atoms with Crippen molar-refractivity contribution in [3.05, 3.63) is 60.9 Å². The van der Waals surface area contributed by atoms with Crippen LogP contribution in [0.2, 0.25) is 0 Å². The first-order chi connectivity index (χ1) is 10.8. The maximum absolute atomic E-state index is 12.1. The summed E-state index contributed by atoms with van der Waals surface area (Å²) in [5.41, 5.74) is 0.900. The Morgan fingerprint density at radius 2 is 2.09 bits per heavy atom. The highest BCUT2D eigenvalue weighted by molar-refractivity contribution is 6.01. The van der Waals surface area contributed by atoms with Crippen LogP contribution in [0, 0.1) is 0 Å². The lowest BCUT2D eigenvalue weighted by molar-refractivity contribution is 0.0996. The van der Waals surface area contributed by atoms with Crippen LogP contribution in [0.5, 0.6) is 0 Å². The number of anilines is 1. The Kier molecular flexibility index (Phi) is 3.78. The molecule has 7 nitrogen and oxygen atoms in total. The molecule has 0 radical (unpaired) electrons. The molecule has 1 amide bonds. The van der Waals surface area contributed by atoms with Gasteiger partial charge in [-0.25, -0.2) is 0 Å². The van der Waals surface area contributed by atoms with Crippen molar-refractivity contribution in [3.63, 3.8) is 0 Å². The van der Waals surface area contributed by atoms with Crippen molar-refractivity contribution >= 4 is 11.9 Å². The summed E-state index contributed by atoms with van der Waals surface area (Å²) in [5, 5.41) is 14.0. The molecule has 0 bridgehead atoms. The van der Waals surface area contributed by atoms with Crippen LogP contribution in [0.15, 0.2) is 59.5 Å². The number of nitrogens with zero attached hydrogens (tertiary/aromatic N) is 4. The van der Waals surface area contributed by atoms with E-state index < -0.39 is 5.91 Å². The van der Waals surface area contributed by atoms with Gasteiger partial charge in [-0.05, 0) is 17.3 Å². The number of amides is 1. The third-order valence-electron chi connectivity index (χ3n) is 2.86. The Morgan fingerprint density at radius 1 is 1.27 bits per heavy atom. The molecular formula is C15H13N5O2. The van der Waals surface area contributed by atoms with Crippen molar-refractivity contribution in [2.45, 2.75) is 6.54 Å². The van der Waals surface area contributed by atoms with E-state index in [2.05, 4.69) is 27.3 Å². The van der Waals surface area contributed by atoms with Crippen molar-refractivity contribution in [3.8, 4) is 11.3 Å². The molecule has 0 fully saturated rings. The fourth-order valence-electron chi connectivity index (χ4n) is 1.87. The summed E-state index contributed by atoms with van der Waals surface area (Å²) >= 11 is 0. The molecule has 0 atom stereocenters. The molecule has 110 valence electrons. The van der Waals surface area contributed by atoms with Gasteiger partial charge in [0.15, 0.2) is 5.76 Å². The molecule has 1 N–H and O–H groups in total. The number of rotatable bonds is 5. The van der Waals surface area contributed by atoms with E-state index in [-0.39, 0.29) is 11.7 Å². The first-order valence-corrected chi connectivity index (χ1v) is 6.61. The number of hydrogen-bond acceptors (Lipinski definition) is 5. The molecule has 0 saturated heterocycles. The molecule has 0 aliphatic rings. The zero-order valence-electron chi connectivity index (χ0n) is 11.6. The van der Waals surface area contributed by atoms with E-state index in [1.165, 1.54) is 4.80 Å². The highest BCUT2D eigenvalue weighted by atomic mass is 16.3. The fourth-order valence-corrected chi connectivity index (χ4v) is 1.87. The highest BCUT2D eigenvalue weighted by Gasteiger charge is 2.14. The molecule has 1 aromatic carbocycles. The highest BCUT2D eigenvalue weighted by Crippen LogP contribution is 2.21. The minimum atomic E-state index is -0.430. The molecule has 3 aromatic rings. The summed E-state index contributed by atoms with van der Waals surface area (Å²) in [6, 6.07) is 12.9. The molecule has 2 heterocycles. The molecule has 0 aliphatic heterocycles. The van der Waals surface area contributed by atoms with Crippen LogP contribution in [-0.2, 0) is 6.54 Å². The average molecular weight is 295 g/mol. The lowest BCUT2D eigenvalue weighted by Crippen LogP contribution is -2.12. The summed E-state index contributed by atoms with van der Waals surface area (Å²) in [5.74, 6) is 0.484. The van der Waals surface area contributed by atoms with E-state index >= 15 is 0 Å². The molecule has 0 aliphatic carbocycles. The summed E-state index contributed by atoms with van der Waals surface area (Å²) in [6.45, 7) is 3.99. The fraction of sp³-hybridized carbons (Fsp3) is 0.0667. The zero-order chi connectivity index (χ0) is 15.4. The number of nitrogens with one attached hydrogen (secondary N) is 1. The van der Waals surface area contributed by atoms with Gasteiger partial charge in [0, 0.05) is 5.56 Å². The van der Waals surface area contributed by atoms with Gasteiger partial charge in [-0.1, -0.05) is 41.5 Å². The Morgan fingerprint density at radius 3 is 2.86 bits per heavy atom. The number of tetrazole rings is 1. The zero-order valence-corrected chi connectivity index (χ0v) is 11.6. The predicted molar refractivity (Wildman–Crippen MR) is 80.1 cm³/mol. The topological polar surface area (TPSA) is 85.8 Å². The van der Waals surface area contributed by atoms with Gasteiger partial charge in [0.2, 0.25) is 0 Å². The minimum Gasteiger partial charge on any atom is -0.451 e. The van der Waals surface area contributed by atoms with Gasteiger partial charge in [0.1, 0.15) is 5.76 Å². The minimum absolute atomic E-state index is 0.115. The number of benzene rings is 1. The molecule has 22 heavy (non-hydrogen) atoms. The van der Waals surface area contributed by atoms with Gasteiger partial charge in [0.05, 0.1) is 6.54 Å². The second-order valence-corrected chi connectivity index (χ2v) is 4.44. The van der Waals surface area contributed by atoms with E-state index in [0.29, 0.717) is 12.3 Å². The summed E-state index contributed by atoms with van der Waals surface area (Å²) in [4.78, 5) is 13.4. The van der Waals surface area contributed by atoms with Gasteiger partial charge in [0.25, 0.3) is 11.9 Å². The van der Waals surface area contributed by atoms with Gasteiger partial charge >= 0.3 is 0 Å². The summed E-state index contributed by atoms with van der Waals surface area (Å²) in [6.07, 6.45) is 1.63. The Balaban J connectivity index is 1.72. The average Bonchev–Trinajstić information content (AvgIpc) is 3.18. The van der Waals surface area contributed by atoms with Crippen LogP contribution < -0.4 is 5.32 Å². The van der Waals surface area contributed by atoms with E-state index in [9.17, 15) is 4.79 Å². The first-order valence-electron chi connectivity index (χ1n) is 6.61. The molecule has 0 spiro atoms. The van der Waals surface area contributed by atoms with Crippen molar-refractivity contribution in [1.82, 2.24) is 20.2 Å². The van der Waals surface area contributed by atoms with Gasteiger partial charge in [-0.15, -0.1) is 11.7 Å². The van der Waals surface area contributed by atoms with Crippen LogP contribution in [0.3, 0.4) is 0 Å². The molecular weight excluding hydrogens is 282 g/mol. The SMILES string of the molecule is C=CCn1nnc(NC(=O)c2ccc(-c3ccccc3)o2)n1. The maximum Gasteiger partial charge on any atom is 0.293 e. The number of furan rings is 1. The lowest BCUT2D eigenvalue weighted by Gasteiger charge is -1.97. The number of aromatic nitrogens is 4. The van der Waals surface area contributed by atoms with E-state index in [1.807, 2.05) is 30.3 Å². The second kappa shape index (κ2) is 6.04. The molecule has 3 rings (SSSR count). The number of carbonyl (C=O) groups excluding carboxylic acids is 1. The van der Waals surface area contributed by atoms with Crippen molar-refractivity contribution in [1.29, 1.82) is 0 Å². The van der Waals surface area contributed by atoms with Crippen molar-refractivity contribution in [2.24, 2.45) is 0 Å². The van der Waals surface area contributed by atoms with Gasteiger partial charge < -0.3 is 4.42 Å². The quantitative estimate of drug-likeness (QED) is 0.730. The van der Waals surface area contributed by atoms with Crippen LogP contribution in [0.25, 0.3) is 11.3 Å². The standard InChI is InChI=1S/C15H13N5O2/c1-2-10-20-18-15(17-19-20)16-14(21)13-9-8-12(22-13)11-6-4-3-5-7-11/h2-9H,1,10H2,(H,16,18,21). The van der Waals surface area contributed by atoms with Crippen LogP contribution in [0.1, 0.15) is 10.6 Å². The smallest absolute Gasteiger partial charge is 0.293 e.